The van der Waals surface area contributed by atoms with E-state index in [1.54, 1.807) is 0 Å². The molecule has 0 N–H and O–H groups in total. The van der Waals surface area contributed by atoms with Crippen molar-refractivity contribution < 1.29 is 23.5 Å². The van der Waals surface area contributed by atoms with E-state index in [1.807, 2.05) is 121 Å². The second-order valence-electron chi connectivity index (χ2n) is 23.1. The largest absolute Gasteiger partial charge is 0.454 e. The van der Waals surface area contributed by atoms with Gasteiger partial charge in [-0.1, -0.05) is 310 Å². The molecule has 93 heavy (non-hydrogen) atoms. The van der Waals surface area contributed by atoms with Gasteiger partial charge in [0.1, 0.15) is 39.8 Å². The molecule has 18 rings (SSSR count). The number of ether oxygens (including phenoxy) is 4. The molecule has 0 saturated carbocycles. The van der Waals surface area contributed by atoms with E-state index in [-0.39, 0.29) is 7.43 Å². The lowest BCUT2D eigenvalue weighted by atomic mass is 9.96. The maximum atomic E-state index is 16.5. The van der Waals surface area contributed by atoms with E-state index in [9.17, 15) is 0 Å². The van der Waals surface area contributed by atoms with Gasteiger partial charge < -0.3 is 23.5 Å². The molecule has 4 heterocycles. The fraction of sp³-hybridized carbons (Fsp3) is 0.0118. The summed E-state index contributed by atoms with van der Waals surface area (Å²) in [5, 5.41) is 5.07. The highest BCUT2D eigenvalue weighted by atomic mass is 32.4. The zero-order valence-corrected chi connectivity index (χ0v) is 52.1. The normalized spacial score (nSPS) is 13.2. The van der Waals surface area contributed by atoms with Crippen LogP contribution in [0.2, 0.25) is 0 Å². The molecule has 4 aliphatic rings. The SMILES string of the molecule is C.O=P12c3cccc(-c4ccccc4)c3Oc3c(-c4ccccc4)cc(-c4ccccc4)c(c31)Oc1c(-c3ccccc3)cccc12.S=P12c3cccc(-c4ccccc4)c3Oc3c(-c4ccccc4)cc(-c4ccccc4)c(c31)Oc1c(-c3ccccc3)cccc12. The molecular weight excluding hydrogens is 1190 g/mol. The van der Waals surface area contributed by atoms with Gasteiger partial charge in [-0.3, -0.25) is 0 Å². The topological polar surface area (TPSA) is 54.0 Å². The Morgan fingerprint density at radius 3 is 0.667 bits per heavy atom. The molecule has 0 amide bonds. The molecule has 14 aromatic rings. The van der Waals surface area contributed by atoms with E-state index in [4.69, 9.17) is 30.8 Å². The first-order valence-electron chi connectivity index (χ1n) is 30.8. The fourth-order valence-corrected chi connectivity index (χ4v) is 21.3. The zero-order valence-electron chi connectivity index (χ0n) is 49.5. The molecule has 4 aliphatic heterocycles. The first-order chi connectivity index (χ1) is 45.4. The van der Waals surface area contributed by atoms with Gasteiger partial charge in [0, 0.05) is 55.1 Å². The molecule has 5 nitrogen and oxygen atoms in total. The summed E-state index contributed by atoms with van der Waals surface area (Å²) in [6, 6.07) is 109. The van der Waals surface area contributed by atoms with Gasteiger partial charge in [-0.25, -0.2) is 0 Å². The van der Waals surface area contributed by atoms with Crippen molar-refractivity contribution in [2.24, 2.45) is 0 Å². The number of para-hydroxylation sites is 4. The van der Waals surface area contributed by atoms with Gasteiger partial charge in [-0.15, -0.1) is 0 Å². The molecule has 8 heteroatoms. The first kappa shape index (κ1) is 57.3. The summed E-state index contributed by atoms with van der Waals surface area (Å²) in [5.41, 5.74) is 15.9. The number of fused-ring (bicyclic) bond motifs is 8. The van der Waals surface area contributed by atoms with Crippen molar-refractivity contribution in [1.29, 1.82) is 0 Å². The van der Waals surface area contributed by atoms with Gasteiger partial charge in [0.05, 0.1) is 22.0 Å². The van der Waals surface area contributed by atoms with Crippen LogP contribution in [0.4, 0.5) is 0 Å². The van der Waals surface area contributed by atoms with Gasteiger partial charge in [0.25, 0.3) is 0 Å². The Morgan fingerprint density at radius 1 is 0.215 bits per heavy atom. The van der Waals surface area contributed by atoms with Gasteiger partial charge in [-0.2, -0.15) is 0 Å². The Morgan fingerprint density at radius 2 is 0.419 bits per heavy atom. The van der Waals surface area contributed by atoms with E-state index in [0.29, 0.717) is 38.9 Å². The summed E-state index contributed by atoms with van der Waals surface area (Å²) in [4.78, 5) is 0. The number of rotatable bonds is 8. The van der Waals surface area contributed by atoms with E-state index >= 15 is 4.57 Å². The maximum Gasteiger partial charge on any atom is 0.185 e. The number of hydrogen-bond acceptors (Lipinski definition) is 6. The van der Waals surface area contributed by atoms with Gasteiger partial charge >= 0.3 is 0 Å². The molecule has 0 spiro atoms. The lowest BCUT2D eigenvalue weighted by Gasteiger charge is -2.40. The number of hydrogen-bond donors (Lipinski definition) is 0. The van der Waals surface area contributed by atoms with E-state index in [0.717, 1.165) is 128 Å². The molecular formula is C85H58O5P2S. The minimum absolute atomic E-state index is 0. The van der Waals surface area contributed by atoms with Crippen LogP contribution in [-0.2, 0) is 16.4 Å². The molecule has 0 radical (unpaired) electrons. The van der Waals surface area contributed by atoms with Crippen LogP contribution in [0.3, 0.4) is 0 Å². The fourth-order valence-electron chi connectivity index (χ4n) is 13.6. The van der Waals surface area contributed by atoms with Crippen molar-refractivity contribution in [3.8, 4) is 135 Å². The Kier molecular flexibility index (Phi) is 14.4. The summed E-state index contributed by atoms with van der Waals surface area (Å²) in [5.74, 6) is 5.64. The zero-order chi connectivity index (χ0) is 61.3. The third-order valence-electron chi connectivity index (χ3n) is 17.9. The van der Waals surface area contributed by atoms with Crippen molar-refractivity contribution >= 4 is 56.8 Å². The van der Waals surface area contributed by atoms with Crippen LogP contribution in [0.1, 0.15) is 7.43 Å². The van der Waals surface area contributed by atoms with E-state index < -0.39 is 13.2 Å². The Hall–Kier alpha value is -10.8. The second-order valence-corrected chi connectivity index (χ2v) is 30.0. The average molecular weight is 1250 g/mol. The van der Waals surface area contributed by atoms with Crippen LogP contribution in [0.25, 0.3) is 89.0 Å². The highest BCUT2D eigenvalue weighted by Gasteiger charge is 2.50. The van der Waals surface area contributed by atoms with Crippen molar-refractivity contribution in [2.45, 2.75) is 7.43 Å². The lowest BCUT2D eigenvalue weighted by Crippen LogP contribution is -2.36. The molecule has 0 atom stereocenters. The summed E-state index contributed by atoms with van der Waals surface area (Å²) >= 11 is 7.15. The summed E-state index contributed by atoms with van der Waals surface area (Å²) in [6.45, 7) is 0. The van der Waals surface area contributed by atoms with Crippen LogP contribution >= 0.6 is 13.2 Å². The summed E-state index contributed by atoms with van der Waals surface area (Å²) in [6.07, 6.45) is 0. The third-order valence-corrected chi connectivity index (χ3v) is 25.8. The highest BCUT2D eigenvalue weighted by Crippen LogP contribution is 2.66. The third kappa shape index (κ3) is 9.36. The Bertz CT molecular complexity index is 4650. The predicted octanol–water partition coefficient (Wildman–Crippen LogP) is 21.2. The van der Waals surface area contributed by atoms with Crippen molar-refractivity contribution in [3.63, 3.8) is 0 Å². The quantitative estimate of drug-likeness (QED) is 0.141. The van der Waals surface area contributed by atoms with Crippen LogP contribution in [-0.4, -0.2) is 0 Å². The average Bonchev–Trinajstić information content (AvgIpc) is 0.694. The van der Waals surface area contributed by atoms with Crippen molar-refractivity contribution in [1.82, 2.24) is 0 Å². The first-order valence-corrected chi connectivity index (χ1v) is 35.3. The van der Waals surface area contributed by atoms with Gasteiger partial charge in [0.15, 0.2) is 18.6 Å². The highest BCUT2D eigenvalue weighted by molar-refractivity contribution is 8.26. The molecule has 444 valence electrons. The molecule has 0 aromatic heterocycles. The molecule has 0 saturated heterocycles. The second kappa shape index (κ2) is 23.4. The Labute approximate surface area is 546 Å². The number of benzene rings is 14. The standard InChI is InChI=1S/C42H27O3P.C42H27O2PS.CH4/c43-46-36-25-13-23-32(28-15-5-1-6-16-28)38(36)44-40-34(30-19-9-3-10-20-30)27-35(31-21-11-4-12-22-31)41(42(40)46)45-39-33(24-14-26-37(39)46)29-17-7-2-8-18-29;46-45-36-25-13-23-32(28-15-5-1-6-16-28)38(36)43-40-34(30-19-9-3-10-20-30)27-35(31-21-11-4-12-22-31)41(42(40)45)44-39-33(24-14-26-37(39)45)29-17-7-2-8-18-29;/h2*1-27H;1H4. The van der Waals surface area contributed by atoms with Gasteiger partial charge in [-0.05, 0) is 80.9 Å². The minimum Gasteiger partial charge on any atom is -0.454 e. The van der Waals surface area contributed by atoms with E-state index in [1.165, 1.54) is 0 Å². The maximum absolute atomic E-state index is 16.5. The summed E-state index contributed by atoms with van der Waals surface area (Å²) < 4.78 is 44.9. The molecule has 14 aromatic carbocycles. The van der Waals surface area contributed by atoms with Crippen molar-refractivity contribution in [3.05, 3.63) is 328 Å². The van der Waals surface area contributed by atoms with E-state index in [2.05, 4.69) is 206 Å². The molecule has 0 aliphatic carbocycles. The molecule has 0 bridgehead atoms. The minimum atomic E-state index is -3.55. The van der Waals surface area contributed by atoms with Crippen LogP contribution in [0, 0.1) is 0 Å². The van der Waals surface area contributed by atoms with Crippen molar-refractivity contribution in [2.75, 3.05) is 0 Å². The summed E-state index contributed by atoms with van der Waals surface area (Å²) in [7, 11) is -3.55. The predicted molar refractivity (Wildman–Crippen MR) is 389 cm³/mol. The Balaban J connectivity index is 0.000000146. The smallest absolute Gasteiger partial charge is 0.185 e. The molecule has 0 unspecified atom stereocenters. The van der Waals surface area contributed by atoms with Crippen LogP contribution in [0.15, 0.2) is 328 Å². The van der Waals surface area contributed by atoms with Crippen LogP contribution in [0.5, 0.6) is 46.0 Å². The van der Waals surface area contributed by atoms with Crippen LogP contribution < -0.4 is 50.8 Å². The lowest BCUT2D eigenvalue weighted by molar-refractivity contribution is 0.465. The monoisotopic (exact) mass is 1250 g/mol. The van der Waals surface area contributed by atoms with Gasteiger partial charge in [0.2, 0.25) is 0 Å². The molecule has 0 fully saturated rings.